The van der Waals surface area contributed by atoms with Gasteiger partial charge in [0, 0.05) is 17.0 Å². The van der Waals surface area contributed by atoms with Gasteiger partial charge in [-0.1, -0.05) is 11.3 Å². The normalized spacial score (nSPS) is 14.0. The van der Waals surface area contributed by atoms with Gasteiger partial charge in [0.25, 0.3) is 0 Å². The fraction of sp³-hybridized carbons (Fsp3) is 0.353. The molecule has 0 saturated carbocycles. The molecular weight excluding hydrogens is 328 g/mol. The van der Waals surface area contributed by atoms with Gasteiger partial charge in [-0.3, -0.25) is 0 Å². The van der Waals surface area contributed by atoms with Crippen LogP contribution in [0.15, 0.2) is 22.6 Å². The van der Waals surface area contributed by atoms with Crippen LogP contribution in [0.3, 0.4) is 0 Å². The van der Waals surface area contributed by atoms with Crippen molar-refractivity contribution in [3.8, 4) is 5.75 Å². The second-order valence-electron chi connectivity index (χ2n) is 5.72. The third kappa shape index (κ3) is 2.88. The molecule has 0 atom stereocenters. The average molecular weight is 344 g/mol. The lowest BCUT2D eigenvalue weighted by Crippen LogP contribution is -2.04. The summed E-state index contributed by atoms with van der Waals surface area (Å²) in [6.45, 7) is 2.35. The van der Waals surface area contributed by atoms with E-state index in [1.54, 1.807) is 11.3 Å². The molecule has 0 fully saturated rings. The maximum absolute atomic E-state index is 5.87. The van der Waals surface area contributed by atoms with E-state index in [-0.39, 0.29) is 0 Å². The minimum absolute atomic E-state index is 0.419. The van der Waals surface area contributed by atoms with Gasteiger partial charge in [0.15, 0.2) is 9.71 Å². The molecule has 118 valence electrons. The van der Waals surface area contributed by atoms with E-state index in [0.717, 1.165) is 39.6 Å². The smallest absolute Gasteiger partial charge is 0.194 e. The van der Waals surface area contributed by atoms with E-state index in [4.69, 9.17) is 21.4 Å². The Morgan fingerprint density at radius 3 is 2.83 bits per heavy atom. The number of hydrogen-bond acceptors (Lipinski definition) is 6. The van der Waals surface area contributed by atoms with Crippen molar-refractivity contribution < 1.29 is 9.15 Å². The molecule has 1 aliphatic carbocycles. The van der Waals surface area contributed by atoms with Crippen molar-refractivity contribution in [3.05, 3.63) is 44.0 Å². The van der Waals surface area contributed by atoms with Crippen molar-refractivity contribution in [2.45, 2.75) is 39.2 Å². The van der Waals surface area contributed by atoms with Gasteiger partial charge in [-0.25, -0.2) is 0 Å². The first-order chi connectivity index (χ1) is 11.2. The third-order valence-corrected chi connectivity index (χ3v) is 5.27. The van der Waals surface area contributed by atoms with Crippen LogP contribution in [0.1, 0.15) is 34.0 Å². The number of hydrogen-bond donors (Lipinski definition) is 0. The number of ether oxygens (including phenoxy) is 1. The van der Waals surface area contributed by atoms with Gasteiger partial charge in [-0.15, -0.1) is 10.2 Å². The van der Waals surface area contributed by atoms with Crippen molar-refractivity contribution in [1.82, 2.24) is 10.2 Å². The predicted molar refractivity (Wildman–Crippen MR) is 92.7 cm³/mol. The van der Waals surface area contributed by atoms with Crippen LogP contribution in [0.5, 0.6) is 5.75 Å². The lowest BCUT2D eigenvalue weighted by molar-refractivity contribution is 0.304. The zero-order chi connectivity index (χ0) is 15.8. The molecule has 2 heterocycles. The maximum Gasteiger partial charge on any atom is 0.194 e. The molecule has 0 amide bonds. The van der Waals surface area contributed by atoms with Crippen LogP contribution in [0.4, 0.5) is 0 Å². The number of rotatable bonds is 3. The van der Waals surface area contributed by atoms with Crippen LogP contribution >= 0.6 is 23.6 Å². The number of benzene rings is 1. The fourth-order valence-electron chi connectivity index (χ4n) is 3.06. The first-order valence-corrected chi connectivity index (χ1v) is 8.93. The molecule has 23 heavy (non-hydrogen) atoms. The third-order valence-electron chi connectivity index (χ3n) is 4.13. The lowest BCUT2D eigenvalue weighted by Gasteiger charge is -2.17. The first-order valence-electron chi connectivity index (χ1n) is 7.71. The summed E-state index contributed by atoms with van der Waals surface area (Å²) in [7, 11) is 0. The van der Waals surface area contributed by atoms with Gasteiger partial charge >= 0.3 is 0 Å². The summed E-state index contributed by atoms with van der Waals surface area (Å²) in [6.07, 6.45) is 4.52. The Morgan fingerprint density at radius 2 is 2.04 bits per heavy atom. The summed E-state index contributed by atoms with van der Waals surface area (Å²) in [5, 5.41) is 11.0. The molecule has 0 aliphatic heterocycles. The van der Waals surface area contributed by atoms with Crippen molar-refractivity contribution >= 4 is 34.5 Å². The van der Waals surface area contributed by atoms with Gasteiger partial charge < -0.3 is 9.15 Å². The molecule has 6 heteroatoms. The largest absolute Gasteiger partial charge is 0.486 e. The SMILES string of the molecule is Cc1nnc(COc2ccc3c4c(c(=S)oc3c2)CCCC4)s1. The van der Waals surface area contributed by atoms with E-state index >= 15 is 0 Å². The van der Waals surface area contributed by atoms with E-state index < -0.39 is 0 Å². The van der Waals surface area contributed by atoms with Crippen LogP contribution in [-0.2, 0) is 19.4 Å². The molecule has 0 saturated heterocycles. The summed E-state index contributed by atoms with van der Waals surface area (Å²) in [5.41, 5.74) is 3.38. The molecule has 4 nitrogen and oxygen atoms in total. The number of aryl methyl sites for hydroxylation is 2. The Morgan fingerprint density at radius 1 is 1.22 bits per heavy atom. The molecule has 4 rings (SSSR count). The van der Waals surface area contributed by atoms with E-state index in [2.05, 4.69) is 16.3 Å². The minimum atomic E-state index is 0.419. The van der Waals surface area contributed by atoms with Crippen LogP contribution in [0.25, 0.3) is 11.0 Å². The average Bonchev–Trinajstić information content (AvgIpc) is 2.98. The zero-order valence-electron chi connectivity index (χ0n) is 12.8. The molecule has 0 spiro atoms. The Hall–Kier alpha value is -1.79. The van der Waals surface area contributed by atoms with E-state index in [0.29, 0.717) is 11.3 Å². The number of aromatic nitrogens is 2. The maximum atomic E-state index is 5.87. The molecule has 0 radical (unpaired) electrons. The molecule has 0 unspecified atom stereocenters. The van der Waals surface area contributed by atoms with Gasteiger partial charge in [0.2, 0.25) is 0 Å². The minimum Gasteiger partial charge on any atom is -0.486 e. The predicted octanol–water partition coefficient (Wildman–Crippen LogP) is 4.78. The highest BCUT2D eigenvalue weighted by atomic mass is 32.1. The highest BCUT2D eigenvalue weighted by Crippen LogP contribution is 2.32. The highest BCUT2D eigenvalue weighted by Gasteiger charge is 2.16. The summed E-state index contributed by atoms with van der Waals surface area (Å²) < 4.78 is 12.3. The summed E-state index contributed by atoms with van der Waals surface area (Å²) in [5.74, 6) is 0.763. The number of fused-ring (bicyclic) bond motifs is 3. The Labute approximate surface area is 143 Å². The first kappa shape index (κ1) is 14.8. The van der Waals surface area contributed by atoms with E-state index in [9.17, 15) is 0 Å². The lowest BCUT2D eigenvalue weighted by atomic mass is 9.91. The summed E-state index contributed by atoms with van der Waals surface area (Å²) in [4.78, 5) is 0. The molecule has 0 N–H and O–H groups in total. The molecule has 1 aliphatic rings. The molecule has 3 aromatic rings. The van der Waals surface area contributed by atoms with Crippen molar-refractivity contribution in [2.24, 2.45) is 0 Å². The monoisotopic (exact) mass is 344 g/mol. The topological polar surface area (TPSA) is 48.2 Å². The van der Waals surface area contributed by atoms with Crippen LogP contribution in [0, 0.1) is 11.6 Å². The van der Waals surface area contributed by atoms with Gasteiger partial charge in [0.05, 0.1) is 0 Å². The summed E-state index contributed by atoms with van der Waals surface area (Å²) >= 11 is 6.97. The van der Waals surface area contributed by atoms with Crippen molar-refractivity contribution in [2.75, 3.05) is 0 Å². The van der Waals surface area contributed by atoms with Crippen molar-refractivity contribution in [3.63, 3.8) is 0 Å². The number of nitrogens with zero attached hydrogens (tertiary/aromatic N) is 2. The molecule has 0 bridgehead atoms. The Kier molecular flexibility index (Phi) is 3.87. The second-order valence-corrected chi connectivity index (χ2v) is 7.35. The van der Waals surface area contributed by atoms with Gasteiger partial charge in [-0.2, -0.15) is 0 Å². The Balaban J connectivity index is 1.66. The van der Waals surface area contributed by atoms with E-state index in [1.165, 1.54) is 24.0 Å². The molecule has 1 aromatic carbocycles. The van der Waals surface area contributed by atoms with Crippen LogP contribution in [0.2, 0.25) is 0 Å². The van der Waals surface area contributed by atoms with E-state index in [1.807, 2.05) is 19.1 Å². The van der Waals surface area contributed by atoms with Crippen LogP contribution in [-0.4, -0.2) is 10.2 Å². The Bertz CT molecular complexity index is 930. The second kappa shape index (κ2) is 6.02. The van der Waals surface area contributed by atoms with Crippen molar-refractivity contribution in [1.29, 1.82) is 0 Å². The van der Waals surface area contributed by atoms with Gasteiger partial charge in [-0.05, 0) is 62.5 Å². The zero-order valence-corrected chi connectivity index (χ0v) is 14.4. The fourth-order valence-corrected chi connectivity index (χ4v) is 3.99. The van der Waals surface area contributed by atoms with Crippen LogP contribution < -0.4 is 4.74 Å². The standard InChI is InChI=1S/C17H16N2O2S2/c1-10-18-19-16(23-10)9-20-11-6-7-13-12-4-2-3-5-14(12)17(22)21-15(13)8-11/h6-8H,2-5,9H2,1H3. The van der Waals surface area contributed by atoms with Gasteiger partial charge in [0.1, 0.15) is 22.9 Å². The quantitative estimate of drug-likeness (QED) is 0.640. The molecular formula is C17H16N2O2S2. The highest BCUT2D eigenvalue weighted by molar-refractivity contribution is 7.71. The summed E-state index contributed by atoms with van der Waals surface area (Å²) in [6, 6.07) is 6.00. The molecule has 2 aromatic heterocycles.